The summed E-state index contributed by atoms with van der Waals surface area (Å²) in [6.45, 7) is 8.49. The van der Waals surface area contributed by atoms with Crippen LogP contribution in [-0.4, -0.2) is 64.1 Å². The van der Waals surface area contributed by atoms with E-state index in [9.17, 15) is 4.79 Å². The number of rotatable bonds is 4. The molecule has 0 radical (unpaired) electrons. The molecule has 24 heavy (non-hydrogen) atoms. The van der Waals surface area contributed by atoms with Crippen LogP contribution in [0.2, 0.25) is 0 Å². The van der Waals surface area contributed by atoms with Crippen molar-refractivity contribution in [1.29, 1.82) is 0 Å². The minimum absolute atomic E-state index is 0.124. The van der Waals surface area contributed by atoms with Crippen molar-refractivity contribution >= 4 is 5.91 Å². The average molecular weight is 334 g/mol. The van der Waals surface area contributed by atoms with Crippen LogP contribution >= 0.6 is 0 Å². The summed E-state index contributed by atoms with van der Waals surface area (Å²) in [5.41, 5.74) is 0. The van der Waals surface area contributed by atoms with Crippen LogP contribution in [0.4, 0.5) is 0 Å². The van der Waals surface area contributed by atoms with E-state index in [0.717, 1.165) is 51.3 Å². The van der Waals surface area contributed by atoms with E-state index in [1.807, 2.05) is 19.4 Å². The van der Waals surface area contributed by atoms with E-state index in [1.165, 1.54) is 0 Å². The maximum Gasteiger partial charge on any atom is 0.225 e. The molecule has 3 heterocycles. The normalized spacial score (nSPS) is 29.0. The number of nitrogens with zero attached hydrogens (tertiary/aromatic N) is 4. The summed E-state index contributed by atoms with van der Waals surface area (Å²) < 4.78 is 7.81. The fourth-order valence-electron chi connectivity index (χ4n) is 3.99. The Morgan fingerprint density at radius 2 is 2.21 bits per heavy atom. The molecule has 0 unspecified atom stereocenters. The van der Waals surface area contributed by atoms with E-state index < -0.39 is 0 Å². The van der Waals surface area contributed by atoms with Crippen LogP contribution in [0.3, 0.4) is 0 Å². The van der Waals surface area contributed by atoms with Gasteiger partial charge in [0.2, 0.25) is 5.91 Å². The second kappa shape index (κ2) is 7.66. The summed E-state index contributed by atoms with van der Waals surface area (Å²) in [6, 6.07) is 0.189. The third-order valence-electron chi connectivity index (χ3n) is 5.54. The monoisotopic (exact) mass is 334 g/mol. The molecule has 2 aliphatic heterocycles. The van der Waals surface area contributed by atoms with Crippen molar-refractivity contribution in [3.8, 4) is 0 Å². The lowest BCUT2D eigenvalue weighted by atomic mass is 9.92. The fourth-order valence-corrected chi connectivity index (χ4v) is 3.99. The molecule has 3 atom stereocenters. The molecule has 1 aromatic heterocycles. The van der Waals surface area contributed by atoms with Gasteiger partial charge in [-0.25, -0.2) is 4.98 Å². The first-order chi connectivity index (χ1) is 11.6. The molecule has 2 fully saturated rings. The van der Waals surface area contributed by atoms with Gasteiger partial charge >= 0.3 is 0 Å². The Balaban J connectivity index is 1.70. The lowest BCUT2D eigenvalue weighted by Gasteiger charge is -2.42. The molecule has 6 heteroatoms. The average Bonchev–Trinajstić information content (AvgIpc) is 3.06. The number of piperazine rings is 1. The molecule has 1 amide bonds. The summed E-state index contributed by atoms with van der Waals surface area (Å²) in [5, 5.41) is 0. The highest BCUT2D eigenvalue weighted by molar-refractivity contribution is 5.79. The Bertz CT molecular complexity index is 559. The van der Waals surface area contributed by atoms with Crippen LogP contribution in [0.1, 0.15) is 45.0 Å². The Kier molecular flexibility index (Phi) is 5.56. The Labute approximate surface area is 144 Å². The van der Waals surface area contributed by atoms with Crippen molar-refractivity contribution in [3.05, 3.63) is 18.2 Å². The molecule has 1 aromatic rings. The number of likely N-dealkylation sites (N-methyl/N-ethyl adjacent to an activating group) is 1. The quantitative estimate of drug-likeness (QED) is 0.843. The maximum absolute atomic E-state index is 13.0. The Hall–Kier alpha value is -1.40. The second-order valence-electron chi connectivity index (χ2n) is 6.95. The number of ether oxygens (including phenoxy) is 1. The van der Waals surface area contributed by atoms with Gasteiger partial charge in [-0.2, -0.15) is 0 Å². The minimum Gasteiger partial charge on any atom is -0.378 e. The van der Waals surface area contributed by atoms with Crippen LogP contribution in [0.5, 0.6) is 0 Å². The molecule has 0 aromatic carbocycles. The van der Waals surface area contributed by atoms with E-state index in [1.54, 1.807) is 0 Å². The smallest absolute Gasteiger partial charge is 0.225 e. The van der Waals surface area contributed by atoms with Gasteiger partial charge in [0.05, 0.1) is 12.1 Å². The number of hydrogen-bond donors (Lipinski definition) is 0. The highest BCUT2D eigenvalue weighted by Gasteiger charge is 2.36. The Morgan fingerprint density at radius 1 is 1.38 bits per heavy atom. The van der Waals surface area contributed by atoms with Gasteiger partial charge in [-0.15, -0.1) is 0 Å². The van der Waals surface area contributed by atoms with Crippen molar-refractivity contribution in [2.24, 2.45) is 13.0 Å². The van der Waals surface area contributed by atoms with E-state index in [2.05, 4.69) is 33.2 Å². The predicted octanol–water partition coefficient (Wildman–Crippen LogP) is 1.83. The summed E-state index contributed by atoms with van der Waals surface area (Å²) in [4.78, 5) is 22.1. The molecule has 3 rings (SSSR count). The van der Waals surface area contributed by atoms with Crippen molar-refractivity contribution in [2.75, 3.05) is 32.8 Å². The number of aromatic nitrogens is 2. The molecule has 0 spiro atoms. The number of hydrogen-bond acceptors (Lipinski definition) is 4. The molecular formula is C18H30N4O2. The first-order valence-corrected chi connectivity index (χ1v) is 9.25. The van der Waals surface area contributed by atoms with Gasteiger partial charge in [0.1, 0.15) is 5.82 Å². The summed E-state index contributed by atoms with van der Waals surface area (Å²) >= 11 is 0. The fraction of sp³-hybridized carbons (Fsp3) is 0.778. The number of carbonyl (C=O) groups excluding carboxylic acids is 1. The van der Waals surface area contributed by atoms with Gasteiger partial charge in [0.25, 0.3) is 0 Å². The number of carbonyl (C=O) groups is 1. The summed E-state index contributed by atoms with van der Waals surface area (Å²) in [6.07, 6.45) is 6.79. The predicted molar refractivity (Wildman–Crippen MR) is 92.5 cm³/mol. The molecule has 2 saturated heterocycles. The van der Waals surface area contributed by atoms with Crippen LogP contribution < -0.4 is 0 Å². The third-order valence-corrected chi connectivity index (χ3v) is 5.54. The molecule has 0 aliphatic carbocycles. The van der Waals surface area contributed by atoms with Crippen molar-refractivity contribution in [2.45, 2.75) is 45.3 Å². The van der Waals surface area contributed by atoms with Crippen molar-refractivity contribution in [1.82, 2.24) is 19.4 Å². The standard InChI is InChI=1S/C18H30N4O2/c1-4-15-12-14(6-11-24-15)18(23)22-10-9-21(5-2)16(13-22)17-19-7-8-20(17)3/h7-8,14-16H,4-6,9-13H2,1-3H3/t14-,15+,16-/m0/s1. The first-order valence-electron chi connectivity index (χ1n) is 9.25. The molecule has 6 nitrogen and oxygen atoms in total. The molecule has 0 saturated carbocycles. The van der Waals surface area contributed by atoms with E-state index in [-0.39, 0.29) is 18.1 Å². The summed E-state index contributed by atoms with van der Waals surface area (Å²) in [5.74, 6) is 1.48. The molecule has 0 N–H and O–H groups in total. The lowest BCUT2D eigenvalue weighted by molar-refractivity contribution is -0.144. The molecular weight excluding hydrogens is 304 g/mol. The first kappa shape index (κ1) is 17.4. The molecule has 2 aliphatic rings. The number of amides is 1. The Morgan fingerprint density at radius 3 is 2.88 bits per heavy atom. The highest BCUT2D eigenvalue weighted by Crippen LogP contribution is 2.28. The van der Waals surface area contributed by atoms with Crippen molar-refractivity contribution < 1.29 is 9.53 Å². The van der Waals surface area contributed by atoms with Crippen LogP contribution in [0.25, 0.3) is 0 Å². The van der Waals surface area contributed by atoms with Crippen molar-refractivity contribution in [3.63, 3.8) is 0 Å². The zero-order valence-electron chi connectivity index (χ0n) is 15.1. The van der Waals surface area contributed by atoms with Crippen LogP contribution in [0, 0.1) is 5.92 Å². The van der Waals surface area contributed by atoms with Gasteiger partial charge in [0.15, 0.2) is 0 Å². The van der Waals surface area contributed by atoms with Gasteiger partial charge < -0.3 is 14.2 Å². The zero-order valence-corrected chi connectivity index (χ0v) is 15.1. The number of aryl methyl sites for hydroxylation is 1. The van der Waals surface area contributed by atoms with E-state index in [4.69, 9.17) is 4.74 Å². The van der Waals surface area contributed by atoms with Crippen LogP contribution in [-0.2, 0) is 16.6 Å². The van der Waals surface area contributed by atoms with Crippen LogP contribution in [0.15, 0.2) is 12.4 Å². The zero-order chi connectivity index (χ0) is 17.1. The van der Waals surface area contributed by atoms with Gasteiger partial charge in [-0.3, -0.25) is 9.69 Å². The number of imidazole rings is 1. The van der Waals surface area contributed by atoms with Gasteiger partial charge in [-0.1, -0.05) is 13.8 Å². The lowest BCUT2D eigenvalue weighted by Crippen LogP contribution is -2.53. The SMILES string of the molecule is CC[C@@H]1C[C@@H](C(=O)N2CCN(CC)[C@H](c3nccn3C)C2)CCO1. The van der Waals surface area contributed by atoms with E-state index >= 15 is 0 Å². The second-order valence-corrected chi connectivity index (χ2v) is 6.95. The van der Waals surface area contributed by atoms with Gasteiger partial charge in [-0.05, 0) is 25.8 Å². The minimum atomic E-state index is 0.124. The van der Waals surface area contributed by atoms with E-state index in [0.29, 0.717) is 12.5 Å². The summed E-state index contributed by atoms with van der Waals surface area (Å²) in [7, 11) is 2.03. The topological polar surface area (TPSA) is 50.6 Å². The molecule has 0 bridgehead atoms. The third kappa shape index (κ3) is 3.49. The largest absolute Gasteiger partial charge is 0.378 e. The maximum atomic E-state index is 13.0. The molecule has 134 valence electrons. The highest BCUT2D eigenvalue weighted by atomic mass is 16.5. The van der Waals surface area contributed by atoms with Gasteiger partial charge in [0, 0.05) is 51.6 Å².